The van der Waals surface area contributed by atoms with Crippen molar-refractivity contribution in [2.75, 3.05) is 27.1 Å². The fourth-order valence-electron chi connectivity index (χ4n) is 2.42. The van der Waals surface area contributed by atoms with Crippen molar-refractivity contribution >= 4 is 12.0 Å². The molecule has 0 saturated heterocycles. The van der Waals surface area contributed by atoms with Gasteiger partial charge in [0.1, 0.15) is 12.4 Å². The molecule has 0 unspecified atom stereocenters. The zero-order chi connectivity index (χ0) is 19.1. The van der Waals surface area contributed by atoms with E-state index in [1.54, 1.807) is 42.5 Å². The summed E-state index contributed by atoms with van der Waals surface area (Å²) in [6.45, 7) is 1.23. The van der Waals surface area contributed by atoms with Gasteiger partial charge in [-0.05, 0) is 29.8 Å². The van der Waals surface area contributed by atoms with Gasteiger partial charge in [0.2, 0.25) is 6.79 Å². The Kier molecular flexibility index (Phi) is 5.98. The number of hydrogen-bond acceptors (Lipinski definition) is 6. The Bertz CT molecular complexity index is 806. The first-order chi connectivity index (χ1) is 13.2. The molecule has 3 rings (SSSR count). The first-order valence-electron chi connectivity index (χ1n) is 8.37. The predicted octanol–water partition coefficient (Wildman–Crippen LogP) is 2.08. The highest BCUT2D eigenvalue weighted by Gasteiger charge is 2.13. The van der Waals surface area contributed by atoms with Gasteiger partial charge in [0.15, 0.2) is 11.5 Å². The van der Waals surface area contributed by atoms with Gasteiger partial charge in [-0.15, -0.1) is 0 Å². The number of fused-ring (bicyclic) bond motifs is 1. The van der Waals surface area contributed by atoms with Crippen molar-refractivity contribution in [3.8, 4) is 17.2 Å². The Hall–Kier alpha value is -3.42. The molecule has 0 atom stereocenters. The molecule has 1 aliphatic heterocycles. The lowest BCUT2D eigenvalue weighted by atomic mass is 10.1. The van der Waals surface area contributed by atoms with Gasteiger partial charge in [-0.25, -0.2) is 9.59 Å². The SMILES string of the molecule is COC(=O)c1ccc(CNC(=O)NCCOc2ccc3c(c2)OCO3)cc1. The molecule has 0 aromatic heterocycles. The molecule has 1 aliphatic rings. The Morgan fingerprint density at radius 2 is 1.81 bits per heavy atom. The number of methoxy groups -OCH3 is 1. The van der Waals surface area contributed by atoms with Crippen LogP contribution in [0.25, 0.3) is 0 Å². The third-order valence-electron chi connectivity index (χ3n) is 3.83. The molecule has 2 N–H and O–H groups in total. The summed E-state index contributed by atoms with van der Waals surface area (Å²) in [5.41, 5.74) is 1.33. The van der Waals surface area contributed by atoms with Crippen molar-refractivity contribution < 1.29 is 28.5 Å². The van der Waals surface area contributed by atoms with Crippen molar-refractivity contribution in [3.05, 3.63) is 53.6 Å². The molecule has 0 fully saturated rings. The van der Waals surface area contributed by atoms with Crippen LogP contribution in [-0.4, -0.2) is 39.1 Å². The second-order valence-corrected chi connectivity index (χ2v) is 5.66. The summed E-state index contributed by atoms with van der Waals surface area (Å²) >= 11 is 0. The summed E-state index contributed by atoms with van der Waals surface area (Å²) in [6, 6.07) is 11.8. The smallest absolute Gasteiger partial charge is 0.337 e. The highest BCUT2D eigenvalue weighted by Crippen LogP contribution is 2.34. The van der Waals surface area contributed by atoms with Gasteiger partial charge in [0.05, 0.1) is 19.2 Å². The van der Waals surface area contributed by atoms with E-state index in [1.165, 1.54) is 7.11 Å². The van der Waals surface area contributed by atoms with Gasteiger partial charge in [-0.2, -0.15) is 0 Å². The number of carbonyl (C=O) groups excluding carboxylic acids is 2. The van der Waals surface area contributed by atoms with Gasteiger partial charge in [-0.1, -0.05) is 12.1 Å². The maximum absolute atomic E-state index is 11.8. The van der Waals surface area contributed by atoms with Crippen molar-refractivity contribution in [2.24, 2.45) is 0 Å². The number of amides is 2. The van der Waals surface area contributed by atoms with Crippen LogP contribution in [0.2, 0.25) is 0 Å². The number of benzene rings is 2. The van der Waals surface area contributed by atoms with Gasteiger partial charge in [-0.3, -0.25) is 0 Å². The molecule has 0 aliphatic carbocycles. The maximum Gasteiger partial charge on any atom is 0.337 e. The summed E-state index contributed by atoms with van der Waals surface area (Å²) in [4.78, 5) is 23.2. The van der Waals surface area contributed by atoms with Crippen LogP contribution < -0.4 is 24.8 Å². The predicted molar refractivity (Wildman–Crippen MR) is 96.1 cm³/mol. The average Bonchev–Trinajstić information content (AvgIpc) is 3.17. The Morgan fingerprint density at radius 1 is 1.04 bits per heavy atom. The van der Waals surface area contributed by atoms with E-state index < -0.39 is 5.97 Å². The normalized spacial score (nSPS) is 11.6. The topological polar surface area (TPSA) is 95.1 Å². The molecule has 142 valence electrons. The van der Waals surface area contributed by atoms with Crippen LogP contribution in [0.4, 0.5) is 4.79 Å². The van der Waals surface area contributed by atoms with Gasteiger partial charge in [0, 0.05) is 12.6 Å². The molecule has 0 saturated carbocycles. The van der Waals surface area contributed by atoms with E-state index in [9.17, 15) is 9.59 Å². The summed E-state index contributed by atoms with van der Waals surface area (Å²) < 4.78 is 20.7. The summed E-state index contributed by atoms with van der Waals surface area (Å²) in [5.74, 6) is 1.60. The molecule has 1 heterocycles. The first kappa shape index (κ1) is 18.4. The third kappa shape index (κ3) is 5.04. The molecular formula is C19H20N2O6. The molecule has 2 aromatic carbocycles. The second kappa shape index (κ2) is 8.79. The standard InChI is InChI=1S/C19H20N2O6/c1-24-18(22)14-4-2-13(3-5-14)11-21-19(23)20-8-9-25-15-6-7-16-17(10-15)27-12-26-16/h2-7,10H,8-9,11-12H2,1H3,(H2,20,21,23). The minimum Gasteiger partial charge on any atom is -0.492 e. The number of hydrogen-bond donors (Lipinski definition) is 2. The van der Waals surface area contributed by atoms with Gasteiger partial charge in [0.25, 0.3) is 0 Å². The second-order valence-electron chi connectivity index (χ2n) is 5.66. The van der Waals surface area contributed by atoms with Gasteiger partial charge >= 0.3 is 12.0 Å². The number of urea groups is 1. The molecule has 8 heteroatoms. The van der Waals surface area contributed by atoms with Crippen LogP contribution in [0.1, 0.15) is 15.9 Å². The molecule has 2 amide bonds. The lowest BCUT2D eigenvalue weighted by molar-refractivity contribution is 0.0600. The van der Waals surface area contributed by atoms with Crippen molar-refractivity contribution in [2.45, 2.75) is 6.54 Å². The van der Waals surface area contributed by atoms with E-state index in [0.29, 0.717) is 42.5 Å². The van der Waals surface area contributed by atoms with Crippen LogP contribution in [0.15, 0.2) is 42.5 Å². The lowest BCUT2D eigenvalue weighted by Crippen LogP contribution is -2.37. The Labute approximate surface area is 156 Å². The zero-order valence-corrected chi connectivity index (χ0v) is 14.8. The van der Waals surface area contributed by atoms with Gasteiger partial charge < -0.3 is 29.6 Å². The molecule has 0 spiro atoms. The van der Waals surface area contributed by atoms with Crippen LogP contribution in [0.5, 0.6) is 17.2 Å². The quantitative estimate of drug-likeness (QED) is 0.571. The Morgan fingerprint density at radius 3 is 2.59 bits per heavy atom. The van der Waals surface area contributed by atoms with E-state index in [0.717, 1.165) is 5.56 Å². The number of carbonyl (C=O) groups is 2. The lowest BCUT2D eigenvalue weighted by Gasteiger charge is -2.10. The fourth-order valence-corrected chi connectivity index (χ4v) is 2.42. The minimum atomic E-state index is -0.394. The van der Waals surface area contributed by atoms with E-state index in [2.05, 4.69) is 15.4 Å². The monoisotopic (exact) mass is 372 g/mol. The number of nitrogens with one attached hydrogen (secondary N) is 2. The molecule has 0 radical (unpaired) electrons. The van der Waals surface area contributed by atoms with Crippen LogP contribution in [0.3, 0.4) is 0 Å². The molecular weight excluding hydrogens is 352 g/mol. The number of esters is 1. The largest absolute Gasteiger partial charge is 0.492 e. The average molecular weight is 372 g/mol. The summed E-state index contributed by atoms with van der Waals surface area (Å²) in [7, 11) is 1.33. The van der Waals surface area contributed by atoms with Crippen molar-refractivity contribution in [1.82, 2.24) is 10.6 Å². The number of ether oxygens (including phenoxy) is 4. The van der Waals surface area contributed by atoms with E-state index >= 15 is 0 Å². The van der Waals surface area contributed by atoms with E-state index in [1.807, 2.05) is 0 Å². The highest BCUT2D eigenvalue weighted by atomic mass is 16.7. The molecule has 8 nitrogen and oxygen atoms in total. The highest BCUT2D eigenvalue weighted by molar-refractivity contribution is 5.89. The number of rotatable bonds is 7. The van der Waals surface area contributed by atoms with E-state index in [4.69, 9.17) is 14.2 Å². The minimum absolute atomic E-state index is 0.214. The van der Waals surface area contributed by atoms with Crippen LogP contribution >= 0.6 is 0 Å². The third-order valence-corrected chi connectivity index (χ3v) is 3.83. The van der Waals surface area contributed by atoms with Crippen molar-refractivity contribution in [3.63, 3.8) is 0 Å². The zero-order valence-electron chi connectivity index (χ0n) is 14.8. The summed E-state index contributed by atoms with van der Waals surface area (Å²) in [6.07, 6.45) is 0. The first-order valence-corrected chi connectivity index (χ1v) is 8.37. The Balaban J connectivity index is 1.34. The molecule has 27 heavy (non-hydrogen) atoms. The maximum atomic E-state index is 11.8. The van der Waals surface area contributed by atoms with Crippen LogP contribution in [-0.2, 0) is 11.3 Å². The molecule has 0 bridgehead atoms. The molecule has 2 aromatic rings. The van der Waals surface area contributed by atoms with Crippen molar-refractivity contribution in [1.29, 1.82) is 0 Å². The summed E-state index contributed by atoms with van der Waals surface area (Å²) in [5, 5.41) is 5.45. The van der Waals surface area contributed by atoms with Crippen LogP contribution in [0, 0.1) is 0 Å². The fraction of sp³-hybridized carbons (Fsp3) is 0.263. The van der Waals surface area contributed by atoms with E-state index in [-0.39, 0.29) is 12.8 Å².